The highest BCUT2D eigenvalue weighted by Gasteiger charge is 2.52. The summed E-state index contributed by atoms with van der Waals surface area (Å²) in [6.07, 6.45) is 3.29. The fourth-order valence-electron chi connectivity index (χ4n) is 3.47. The van der Waals surface area contributed by atoms with Crippen molar-refractivity contribution < 1.29 is 9.90 Å². The van der Waals surface area contributed by atoms with E-state index in [1.807, 2.05) is 6.92 Å². The molecule has 2 fully saturated rings. The molecule has 0 aromatic heterocycles. The van der Waals surface area contributed by atoms with Crippen LogP contribution in [0.3, 0.4) is 0 Å². The van der Waals surface area contributed by atoms with Crippen molar-refractivity contribution in [1.82, 2.24) is 10.2 Å². The number of hydrogen-bond donors (Lipinski definition) is 2. The Labute approximate surface area is 110 Å². The van der Waals surface area contributed by atoms with E-state index in [2.05, 4.69) is 24.1 Å². The zero-order valence-corrected chi connectivity index (χ0v) is 11.8. The molecule has 0 amide bonds. The molecule has 0 aromatic rings. The molecule has 4 heteroatoms. The highest BCUT2D eigenvalue weighted by Crippen LogP contribution is 2.41. The van der Waals surface area contributed by atoms with Crippen molar-refractivity contribution in [2.24, 2.45) is 11.8 Å². The molecule has 3 atom stereocenters. The number of carboxylic acids is 1. The van der Waals surface area contributed by atoms with Gasteiger partial charge in [-0.25, -0.2) is 0 Å². The van der Waals surface area contributed by atoms with Gasteiger partial charge in [-0.3, -0.25) is 9.69 Å². The second kappa shape index (κ2) is 5.17. The monoisotopic (exact) mass is 254 g/mol. The van der Waals surface area contributed by atoms with Gasteiger partial charge in [0.05, 0.1) is 0 Å². The van der Waals surface area contributed by atoms with E-state index in [1.54, 1.807) is 0 Å². The number of likely N-dealkylation sites (tertiary alicyclic amines) is 1. The topological polar surface area (TPSA) is 52.6 Å². The Bertz CT molecular complexity index is 317. The summed E-state index contributed by atoms with van der Waals surface area (Å²) >= 11 is 0. The summed E-state index contributed by atoms with van der Waals surface area (Å²) in [4.78, 5) is 14.1. The van der Waals surface area contributed by atoms with E-state index in [4.69, 9.17) is 0 Å². The smallest absolute Gasteiger partial charge is 0.325 e. The van der Waals surface area contributed by atoms with Crippen LogP contribution in [0.2, 0.25) is 0 Å². The van der Waals surface area contributed by atoms with Crippen LogP contribution in [0.4, 0.5) is 0 Å². The molecule has 2 N–H and O–H groups in total. The molecule has 104 valence electrons. The molecule has 1 aliphatic carbocycles. The van der Waals surface area contributed by atoms with Crippen LogP contribution in [0.5, 0.6) is 0 Å². The van der Waals surface area contributed by atoms with Gasteiger partial charge in [-0.1, -0.05) is 13.8 Å². The average molecular weight is 254 g/mol. The SMILES string of the molecule is CCNC(CN1CC(C)CC1C)(C(=O)O)C1CC1. The van der Waals surface area contributed by atoms with Crippen LogP contribution in [-0.4, -0.2) is 47.2 Å². The van der Waals surface area contributed by atoms with Gasteiger partial charge in [-0.05, 0) is 44.6 Å². The van der Waals surface area contributed by atoms with Crippen molar-refractivity contribution in [3.63, 3.8) is 0 Å². The highest BCUT2D eigenvalue weighted by atomic mass is 16.4. The summed E-state index contributed by atoms with van der Waals surface area (Å²) in [5.74, 6) is 0.337. The summed E-state index contributed by atoms with van der Waals surface area (Å²) in [6.45, 7) is 8.88. The molecule has 1 saturated heterocycles. The Morgan fingerprint density at radius 3 is 2.50 bits per heavy atom. The van der Waals surface area contributed by atoms with Crippen LogP contribution in [0.25, 0.3) is 0 Å². The lowest BCUT2D eigenvalue weighted by Crippen LogP contribution is -2.61. The van der Waals surface area contributed by atoms with Crippen molar-refractivity contribution in [2.45, 2.75) is 51.6 Å². The van der Waals surface area contributed by atoms with Gasteiger partial charge in [-0.15, -0.1) is 0 Å². The molecule has 0 bridgehead atoms. The van der Waals surface area contributed by atoms with Gasteiger partial charge < -0.3 is 10.4 Å². The van der Waals surface area contributed by atoms with Gasteiger partial charge >= 0.3 is 5.97 Å². The van der Waals surface area contributed by atoms with Crippen LogP contribution in [0.1, 0.15) is 40.0 Å². The molecule has 0 spiro atoms. The molecule has 18 heavy (non-hydrogen) atoms. The molecular formula is C14H26N2O2. The lowest BCUT2D eigenvalue weighted by molar-refractivity contribution is -0.147. The first-order chi connectivity index (χ1) is 8.49. The average Bonchev–Trinajstić information content (AvgIpc) is 3.06. The summed E-state index contributed by atoms with van der Waals surface area (Å²) in [5, 5.41) is 13.0. The van der Waals surface area contributed by atoms with Gasteiger partial charge in [0, 0.05) is 19.1 Å². The second-order valence-corrected chi connectivity index (χ2v) is 6.20. The van der Waals surface area contributed by atoms with E-state index in [9.17, 15) is 9.90 Å². The summed E-state index contributed by atoms with van der Waals surface area (Å²) in [7, 11) is 0. The standard InChI is InChI=1S/C14H26N2O2/c1-4-15-14(13(17)18,12-5-6-12)9-16-8-10(2)7-11(16)3/h10-12,15H,4-9H2,1-3H3,(H,17,18). The van der Waals surface area contributed by atoms with E-state index in [1.165, 1.54) is 6.42 Å². The number of aliphatic carboxylic acids is 1. The Hall–Kier alpha value is -0.610. The number of carboxylic acid groups (broad SMARTS) is 1. The number of likely N-dealkylation sites (N-methyl/N-ethyl adjacent to an activating group) is 1. The third-order valence-electron chi connectivity index (χ3n) is 4.51. The summed E-state index contributed by atoms with van der Waals surface area (Å²) in [6, 6.07) is 0.510. The molecular weight excluding hydrogens is 228 g/mol. The third-order valence-corrected chi connectivity index (χ3v) is 4.51. The van der Waals surface area contributed by atoms with E-state index in [0.717, 1.165) is 25.9 Å². The van der Waals surface area contributed by atoms with Crippen molar-refractivity contribution in [3.05, 3.63) is 0 Å². The molecule has 1 heterocycles. The first-order valence-electron chi connectivity index (χ1n) is 7.22. The van der Waals surface area contributed by atoms with Crippen LogP contribution in [0, 0.1) is 11.8 Å². The van der Waals surface area contributed by atoms with Gasteiger partial charge in [0.2, 0.25) is 0 Å². The molecule has 2 rings (SSSR count). The third kappa shape index (κ3) is 2.54. The minimum Gasteiger partial charge on any atom is -0.480 e. The van der Waals surface area contributed by atoms with Crippen molar-refractivity contribution >= 4 is 5.97 Å². The first kappa shape index (κ1) is 13.8. The predicted octanol–water partition coefficient (Wildman–Crippen LogP) is 1.56. The van der Waals surface area contributed by atoms with E-state index < -0.39 is 11.5 Å². The highest BCUT2D eigenvalue weighted by molar-refractivity contribution is 5.80. The van der Waals surface area contributed by atoms with E-state index >= 15 is 0 Å². The summed E-state index contributed by atoms with van der Waals surface area (Å²) in [5.41, 5.74) is -0.715. The van der Waals surface area contributed by atoms with Gasteiger partial charge in [0.25, 0.3) is 0 Å². The lowest BCUT2D eigenvalue weighted by Gasteiger charge is -2.36. The zero-order chi connectivity index (χ0) is 13.3. The number of nitrogens with zero attached hydrogens (tertiary/aromatic N) is 1. The van der Waals surface area contributed by atoms with Crippen molar-refractivity contribution in [1.29, 1.82) is 0 Å². The number of nitrogens with one attached hydrogen (secondary N) is 1. The normalized spacial score (nSPS) is 32.4. The fraction of sp³-hybridized carbons (Fsp3) is 0.929. The number of rotatable bonds is 6. The molecule has 4 nitrogen and oxygen atoms in total. The Kier molecular flexibility index (Phi) is 3.97. The Morgan fingerprint density at radius 1 is 1.44 bits per heavy atom. The predicted molar refractivity (Wildman–Crippen MR) is 71.6 cm³/mol. The van der Waals surface area contributed by atoms with Gasteiger partial charge in [0.1, 0.15) is 5.54 Å². The number of carbonyl (C=O) groups is 1. The van der Waals surface area contributed by atoms with E-state index in [0.29, 0.717) is 24.4 Å². The molecule has 0 aromatic carbocycles. The van der Waals surface area contributed by atoms with Gasteiger partial charge in [-0.2, -0.15) is 0 Å². The fourth-order valence-corrected chi connectivity index (χ4v) is 3.47. The van der Waals surface area contributed by atoms with Crippen molar-refractivity contribution in [2.75, 3.05) is 19.6 Å². The molecule has 1 saturated carbocycles. The maximum absolute atomic E-state index is 11.8. The zero-order valence-electron chi connectivity index (χ0n) is 11.8. The van der Waals surface area contributed by atoms with Gasteiger partial charge in [0.15, 0.2) is 0 Å². The number of hydrogen-bond acceptors (Lipinski definition) is 3. The largest absolute Gasteiger partial charge is 0.480 e. The second-order valence-electron chi connectivity index (χ2n) is 6.20. The molecule has 3 unspecified atom stereocenters. The minimum absolute atomic E-state index is 0.318. The van der Waals surface area contributed by atoms with Crippen LogP contribution in [-0.2, 0) is 4.79 Å². The molecule has 1 aliphatic heterocycles. The van der Waals surface area contributed by atoms with Crippen LogP contribution in [0.15, 0.2) is 0 Å². The first-order valence-corrected chi connectivity index (χ1v) is 7.22. The van der Waals surface area contributed by atoms with Crippen LogP contribution >= 0.6 is 0 Å². The van der Waals surface area contributed by atoms with Crippen LogP contribution < -0.4 is 5.32 Å². The minimum atomic E-state index is -0.715. The van der Waals surface area contributed by atoms with Crippen molar-refractivity contribution in [3.8, 4) is 0 Å². The molecule has 0 radical (unpaired) electrons. The Balaban J connectivity index is 2.11. The Morgan fingerprint density at radius 2 is 2.11 bits per heavy atom. The molecule has 2 aliphatic rings. The maximum atomic E-state index is 11.8. The summed E-state index contributed by atoms with van der Waals surface area (Å²) < 4.78 is 0. The quantitative estimate of drug-likeness (QED) is 0.755. The maximum Gasteiger partial charge on any atom is 0.325 e. The van der Waals surface area contributed by atoms with E-state index in [-0.39, 0.29) is 0 Å². The lowest BCUT2D eigenvalue weighted by atomic mass is 9.92.